The number of hydrogen-bond acceptors (Lipinski definition) is 1. The highest BCUT2D eigenvalue weighted by Crippen LogP contribution is 2.11. The fourth-order valence-electron chi connectivity index (χ4n) is 2.25. The van der Waals surface area contributed by atoms with Gasteiger partial charge in [-0.15, -0.1) is 0 Å². The summed E-state index contributed by atoms with van der Waals surface area (Å²) in [5.41, 5.74) is 0. The van der Waals surface area contributed by atoms with Crippen LogP contribution in [0.3, 0.4) is 0 Å². The molecule has 1 nitrogen and oxygen atoms in total. The molecule has 0 aromatic heterocycles. The van der Waals surface area contributed by atoms with Crippen molar-refractivity contribution < 1.29 is 4.74 Å². The predicted octanol–water partition coefficient (Wildman–Crippen LogP) is 6.63. The van der Waals surface area contributed by atoms with E-state index < -0.39 is 0 Å². The highest BCUT2D eigenvalue weighted by Gasteiger charge is 1.92. The van der Waals surface area contributed by atoms with Gasteiger partial charge in [-0.3, -0.25) is 0 Å². The number of allylic oxidation sites excluding steroid dienone is 1. The van der Waals surface area contributed by atoms with Crippen LogP contribution in [0, 0.1) is 0 Å². The van der Waals surface area contributed by atoms with Crippen molar-refractivity contribution in [2.24, 2.45) is 0 Å². The molecule has 0 aliphatic heterocycles. The number of hydrogen-bond donors (Lipinski definition) is 0. The van der Waals surface area contributed by atoms with Crippen LogP contribution in [-0.2, 0) is 4.74 Å². The molecule has 0 saturated heterocycles. The number of ether oxygens (including phenoxy) is 1. The second kappa shape index (κ2) is 17.5. The highest BCUT2D eigenvalue weighted by molar-refractivity contribution is 4.73. The summed E-state index contributed by atoms with van der Waals surface area (Å²) < 4.78 is 5.30. The molecule has 0 fully saturated rings. The van der Waals surface area contributed by atoms with Crippen LogP contribution < -0.4 is 0 Å². The molecular formula is C18H36O. The minimum absolute atomic E-state index is 0.856. The van der Waals surface area contributed by atoms with E-state index in [9.17, 15) is 0 Å². The van der Waals surface area contributed by atoms with Gasteiger partial charge in [0.05, 0.1) is 12.9 Å². The van der Waals surface area contributed by atoms with Crippen LogP contribution in [0.5, 0.6) is 0 Å². The zero-order valence-electron chi connectivity index (χ0n) is 13.5. The molecule has 0 N–H and O–H groups in total. The maximum absolute atomic E-state index is 5.30. The van der Waals surface area contributed by atoms with Gasteiger partial charge in [0.2, 0.25) is 0 Å². The molecule has 0 aromatic rings. The van der Waals surface area contributed by atoms with Gasteiger partial charge < -0.3 is 4.74 Å². The maximum atomic E-state index is 5.30. The van der Waals surface area contributed by atoms with Crippen molar-refractivity contribution in [2.75, 3.05) is 6.61 Å². The van der Waals surface area contributed by atoms with E-state index >= 15 is 0 Å². The van der Waals surface area contributed by atoms with Crippen LogP contribution in [0.15, 0.2) is 12.3 Å². The molecule has 0 rings (SSSR count). The average Bonchev–Trinajstić information content (AvgIpc) is 2.43. The Morgan fingerprint density at radius 2 is 1.16 bits per heavy atom. The lowest BCUT2D eigenvalue weighted by atomic mass is 10.1. The average molecular weight is 268 g/mol. The maximum Gasteiger partial charge on any atom is 0.0870 e. The minimum Gasteiger partial charge on any atom is -0.502 e. The van der Waals surface area contributed by atoms with Gasteiger partial charge in [-0.1, -0.05) is 78.1 Å². The van der Waals surface area contributed by atoms with E-state index in [1.165, 1.54) is 77.0 Å². The fraction of sp³-hybridized carbons (Fsp3) is 0.889. The molecule has 0 unspecified atom stereocenters. The summed E-state index contributed by atoms with van der Waals surface area (Å²) in [6, 6.07) is 0. The molecule has 0 spiro atoms. The Morgan fingerprint density at radius 1 is 0.632 bits per heavy atom. The molecule has 19 heavy (non-hydrogen) atoms. The van der Waals surface area contributed by atoms with Crippen molar-refractivity contribution >= 4 is 0 Å². The zero-order valence-corrected chi connectivity index (χ0v) is 13.5. The van der Waals surface area contributed by atoms with Gasteiger partial charge in [-0.25, -0.2) is 0 Å². The standard InChI is InChI=1S/C18H36O/c1-3-5-6-7-8-9-10-11-12-13-14-15-16-18-19-17-4-2/h16,18H,3-15,17H2,1-2H3. The van der Waals surface area contributed by atoms with E-state index in [0.29, 0.717) is 0 Å². The summed E-state index contributed by atoms with van der Waals surface area (Å²) in [5.74, 6) is 0. The van der Waals surface area contributed by atoms with Crippen LogP contribution in [0.4, 0.5) is 0 Å². The molecule has 0 aliphatic rings. The van der Waals surface area contributed by atoms with Crippen molar-refractivity contribution in [2.45, 2.75) is 97.3 Å². The quantitative estimate of drug-likeness (QED) is 0.239. The fourth-order valence-corrected chi connectivity index (χ4v) is 2.25. The first-order chi connectivity index (χ1) is 9.41. The van der Waals surface area contributed by atoms with Gasteiger partial charge in [0.1, 0.15) is 0 Å². The van der Waals surface area contributed by atoms with Crippen molar-refractivity contribution in [3.05, 3.63) is 12.3 Å². The largest absolute Gasteiger partial charge is 0.502 e. The Hall–Kier alpha value is -0.460. The number of rotatable bonds is 15. The van der Waals surface area contributed by atoms with Crippen molar-refractivity contribution in [1.29, 1.82) is 0 Å². The second-order valence-electron chi connectivity index (χ2n) is 5.57. The molecule has 0 atom stereocenters. The Kier molecular flexibility index (Phi) is 17.1. The normalized spacial score (nSPS) is 11.3. The van der Waals surface area contributed by atoms with Gasteiger partial charge in [-0.05, 0) is 25.3 Å². The van der Waals surface area contributed by atoms with Crippen molar-refractivity contribution in [3.8, 4) is 0 Å². The highest BCUT2D eigenvalue weighted by atomic mass is 16.5. The molecule has 0 bridgehead atoms. The Morgan fingerprint density at radius 3 is 1.68 bits per heavy atom. The van der Waals surface area contributed by atoms with E-state index in [4.69, 9.17) is 4.74 Å². The molecule has 0 aromatic carbocycles. The van der Waals surface area contributed by atoms with E-state index in [2.05, 4.69) is 19.9 Å². The monoisotopic (exact) mass is 268 g/mol. The van der Waals surface area contributed by atoms with Gasteiger partial charge in [0.15, 0.2) is 0 Å². The van der Waals surface area contributed by atoms with Gasteiger partial charge >= 0.3 is 0 Å². The number of unbranched alkanes of at least 4 members (excludes halogenated alkanes) is 11. The summed E-state index contributed by atoms with van der Waals surface area (Å²) in [6.45, 7) is 5.28. The third-order valence-electron chi connectivity index (χ3n) is 3.49. The van der Waals surface area contributed by atoms with E-state index in [1.54, 1.807) is 0 Å². The zero-order chi connectivity index (χ0) is 14.0. The summed E-state index contributed by atoms with van der Waals surface area (Å²) in [4.78, 5) is 0. The van der Waals surface area contributed by atoms with E-state index in [1.807, 2.05) is 6.26 Å². The van der Waals surface area contributed by atoms with Crippen LogP contribution >= 0.6 is 0 Å². The first-order valence-electron chi connectivity index (χ1n) is 8.68. The smallest absolute Gasteiger partial charge is 0.0870 e. The lowest BCUT2D eigenvalue weighted by Gasteiger charge is -2.01. The van der Waals surface area contributed by atoms with Crippen LogP contribution in [0.25, 0.3) is 0 Å². The van der Waals surface area contributed by atoms with E-state index in [0.717, 1.165) is 13.0 Å². The molecule has 0 amide bonds. The summed E-state index contributed by atoms with van der Waals surface area (Å²) in [6.07, 6.45) is 21.9. The molecule has 1 heteroatoms. The molecule has 114 valence electrons. The van der Waals surface area contributed by atoms with Gasteiger partial charge in [0.25, 0.3) is 0 Å². The molecular weight excluding hydrogens is 232 g/mol. The summed E-state index contributed by atoms with van der Waals surface area (Å²) in [5, 5.41) is 0. The second-order valence-corrected chi connectivity index (χ2v) is 5.57. The lowest BCUT2D eigenvalue weighted by Crippen LogP contribution is -1.83. The Labute approximate surface area is 121 Å². The molecule has 0 heterocycles. The van der Waals surface area contributed by atoms with Crippen LogP contribution in [0.2, 0.25) is 0 Å². The third kappa shape index (κ3) is 17.5. The minimum atomic E-state index is 0.856. The van der Waals surface area contributed by atoms with Crippen LogP contribution in [-0.4, -0.2) is 6.61 Å². The molecule has 0 saturated carbocycles. The molecule has 0 radical (unpaired) electrons. The first kappa shape index (κ1) is 18.5. The van der Waals surface area contributed by atoms with Crippen LogP contribution in [0.1, 0.15) is 97.3 Å². The van der Waals surface area contributed by atoms with E-state index in [-0.39, 0.29) is 0 Å². The lowest BCUT2D eigenvalue weighted by molar-refractivity contribution is 0.248. The van der Waals surface area contributed by atoms with Gasteiger partial charge in [0, 0.05) is 0 Å². The SMILES string of the molecule is CCCCCCCCCCCCCC=COCCC. The third-order valence-corrected chi connectivity index (χ3v) is 3.49. The van der Waals surface area contributed by atoms with Gasteiger partial charge in [-0.2, -0.15) is 0 Å². The predicted molar refractivity (Wildman–Crippen MR) is 86.5 cm³/mol. The topological polar surface area (TPSA) is 9.23 Å². The van der Waals surface area contributed by atoms with Crippen molar-refractivity contribution in [3.63, 3.8) is 0 Å². The Bertz CT molecular complexity index is 175. The molecule has 0 aliphatic carbocycles. The van der Waals surface area contributed by atoms with Crippen molar-refractivity contribution in [1.82, 2.24) is 0 Å². The summed E-state index contributed by atoms with van der Waals surface area (Å²) in [7, 11) is 0. The summed E-state index contributed by atoms with van der Waals surface area (Å²) >= 11 is 0. The first-order valence-corrected chi connectivity index (χ1v) is 8.68. The Balaban J connectivity index is 2.97.